The summed E-state index contributed by atoms with van der Waals surface area (Å²) in [7, 11) is 0. The molecule has 1 aromatic heterocycles. The standard InChI is InChI=1S/C25H27FN4O2/c1-2-10-30-23-9-4-3-8-22(23)24(28-30)25(31)27-19-12-20-15-32-16-21(13-19)29(20)14-17-6-5-7-18(26)11-17/h2-9,11,19-21H,1,10,12-16H2,(H,27,31)/t19-,20-,21+. The molecule has 32 heavy (non-hydrogen) atoms. The minimum absolute atomic E-state index is 0.0495. The van der Waals surface area contributed by atoms with Crippen LogP contribution >= 0.6 is 0 Å². The minimum atomic E-state index is -0.214. The molecule has 2 aromatic carbocycles. The zero-order valence-corrected chi connectivity index (χ0v) is 17.9. The Morgan fingerprint density at radius 2 is 1.97 bits per heavy atom. The summed E-state index contributed by atoms with van der Waals surface area (Å²) in [6, 6.07) is 15.0. The van der Waals surface area contributed by atoms with Crippen molar-refractivity contribution in [2.75, 3.05) is 13.2 Å². The minimum Gasteiger partial charge on any atom is -0.378 e. The van der Waals surface area contributed by atoms with E-state index in [2.05, 4.69) is 21.9 Å². The van der Waals surface area contributed by atoms with Crippen LogP contribution in [0.1, 0.15) is 28.9 Å². The highest BCUT2D eigenvalue weighted by atomic mass is 19.1. The maximum atomic E-state index is 13.6. The van der Waals surface area contributed by atoms with E-state index >= 15 is 0 Å². The predicted octanol–water partition coefficient (Wildman–Crippen LogP) is 3.52. The molecule has 1 amide bonds. The molecule has 2 aliphatic heterocycles. The zero-order valence-electron chi connectivity index (χ0n) is 17.9. The fraction of sp³-hybridized carbons (Fsp3) is 0.360. The van der Waals surface area contributed by atoms with Crippen LogP contribution in [0.25, 0.3) is 10.9 Å². The molecule has 0 unspecified atom stereocenters. The lowest BCUT2D eigenvalue weighted by Gasteiger charge is -2.48. The van der Waals surface area contributed by atoms with E-state index in [0.717, 1.165) is 29.3 Å². The van der Waals surface area contributed by atoms with Gasteiger partial charge in [-0.1, -0.05) is 36.4 Å². The number of morpholine rings is 1. The second-order valence-electron chi connectivity index (χ2n) is 8.63. The quantitative estimate of drug-likeness (QED) is 0.603. The van der Waals surface area contributed by atoms with Gasteiger partial charge in [-0.3, -0.25) is 14.4 Å². The van der Waals surface area contributed by atoms with Crippen molar-refractivity contribution in [3.05, 3.63) is 78.3 Å². The van der Waals surface area contributed by atoms with Gasteiger partial charge < -0.3 is 10.1 Å². The Balaban J connectivity index is 1.31. The van der Waals surface area contributed by atoms with Crippen molar-refractivity contribution in [3.8, 4) is 0 Å². The van der Waals surface area contributed by atoms with Gasteiger partial charge >= 0.3 is 0 Å². The summed E-state index contributed by atoms with van der Waals surface area (Å²) in [5, 5.41) is 8.63. The SMILES string of the molecule is C=CCn1nc(C(=O)N[C@H]2C[C@H]3COC[C@@H](C2)N3Cc2cccc(F)c2)c2ccccc21. The monoisotopic (exact) mass is 434 g/mol. The fourth-order valence-electron chi connectivity index (χ4n) is 5.02. The third-order valence-electron chi connectivity index (χ3n) is 6.44. The lowest BCUT2D eigenvalue weighted by Crippen LogP contribution is -2.60. The molecule has 7 heteroatoms. The smallest absolute Gasteiger partial charge is 0.272 e. The molecule has 2 bridgehead atoms. The maximum absolute atomic E-state index is 13.6. The van der Waals surface area contributed by atoms with Gasteiger partial charge in [0.2, 0.25) is 0 Å². The number of fused-ring (bicyclic) bond motifs is 3. The summed E-state index contributed by atoms with van der Waals surface area (Å²) >= 11 is 0. The summed E-state index contributed by atoms with van der Waals surface area (Å²) in [4.78, 5) is 15.6. The van der Waals surface area contributed by atoms with E-state index in [4.69, 9.17) is 4.74 Å². The van der Waals surface area contributed by atoms with E-state index in [0.29, 0.717) is 32.0 Å². The van der Waals surface area contributed by atoms with Crippen LogP contribution < -0.4 is 5.32 Å². The molecule has 6 nitrogen and oxygen atoms in total. The second kappa shape index (κ2) is 8.84. The molecular formula is C25H27FN4O2. The maximum Gasteiger partial charge on any atom is 0.272 e. The van der Waals surface area contributed by atoms with Crippen LogP contribution in [0.2, 0.25) is 0 Å². The molecule has 3 heterocycles. The van der Waals surface area contributed by atoms with Gasteiger partial charge in [0.05, 0.1) is 25.3 Å². The molecule has 0 spiro atoms. The number of nitrogens with one attached hydrogen (secondary N) is 1. The molecule has 2 saturated heterocycles. The first-order valence-corrected chi connectivity index (χ1v) is 11.1. The molecule has 2 fully saturated rings. The van der Waals surface area contributed by atoms with Gasteiger partial charge in [0.25, 0.3) is 5.91 Å². The van der Waals surface area contributed by atoms with Crippen molar-refractivity contribution >= 4 is 16.8 Å². The first-order valence-electron chi connectivity index (χ1n) is 11.1. The topological polar surface area (TPSA) is 59.4 Å². The van der Waals surface area contributed by atoms with Gasteiger partial charge in [-0.15, -0.1) is 6.58 Å². The Morgan fingerprint density at radius 1 is 1.19 bits per heavy atom. The Hall–Kier alpha value is -3.03. The number of amides is 1. The number of para-hydroxylation sites is 1. The van der Waals surface area contributed by atoms with Crippen molar-refractivity contribution in [1.82, 2.24) is 20.0 Å². The number of rotatable bonds is 6. The van der Waals surface area contributed by atoms with Gasteiger partial charge in [-0.2, -0.15) is 5.10 Å². The molecule has 0 radical (unpaired) electrons. The van der Waals surface area contributed by atoms with Crippen LogP contribution in [0, 0.1) is 5.82 Å². The number of carbonyl (C=O) groups is 1. The number of ether oxygens (including phenoxy) is 1. The largest absolute Gasteiger partial charge is 0.378 e. The van der Waals surface area contributed by atoms with Gasteiger partial charge in [0.1, 0.15) is 5.82 Å². The average molecular weight is 435 g/mol. The summed E-state index contributed by atoms with van der Waals surface area (Å²) < 4.78 is 21.2. The fourth-order valence-corrected chi connectivity index (χ4v) is 5.02. The van der Waals surface area contributed by atoms with E-state index in [9.17, 15) is 9.18 Å². The molecule has 3 aromatic rings. The van der Waals surface area contributed by atoms with Crippen LogP contribution in [-0.4, -0.2) is 51.9 Å². The lowest BCUT2D eigenvalue weighted by atomic mass is 9.89. The number of nitrogens with zero attached hydrogens (tertiary/aromatic N) is 3. The Morgan fingerprint density at radius 3 is 2.72 bits per heavy atom. The van der Waals surface area contributed by atoms with Gasteiger partial charge in [-0.25, -0.2) is 4.39 Å². The molecule has 0 aliphatic carbocycles. The number of carbonyl (C=O) groups excluding carboxylic acids is 1. The van der Waals surface area contributed by atoms with E-state index in [-0.39, 0.29) is 29.8 Å². The highest BCUT2D eigenvalue weighted by molar-refractivity contribution is 6.05. The Kier molecular flexibility index (Phi) is 5.76. The Bertz CT molecular complexity index is 1130. The van der Waals surface area contributed by atoms with Gasteiger partial charge in [0.15, 0.2) is 5.69 Å². The third kappa shape index (κ3) is 4.06. The van der Waals surface area contributed by atoms with E-state index in [1.54, 1.807) is 22.9 Å². The van der Waals surface area contributed by atoms with Crippen molar-refractivity contribution < 1.29 is 13.9 Å². The molecule has 3 atom stereocenters. The second-order valence-corrected chi connectivity index (χ2v) is 8.63. The van der Waals surface area contributed by atoms with E-state index in [1.807, 2.05) is 30.3 Å². The molecule has 1 N–H and O–H groups in total. The van der Waals surface area contributed by atoms with Crippen LogP contribution in [0.4, 0.5) is 4.39 Å². The highest BCUT2D eigenvalue weighted by Gasteiger charge is 2.39. The molecular weight excluding hydrogens is 407 g/mol. The summed E-state index contributed by atoms with van der Waals surface area (Å²) in [6.07, 6.45) is 3.36. The zero-order chi connectivity index (χ0) is 22.1. The Labute approximate surface area is 186 Å². The van der Waals surface area contributed by atoms with Gasteiger partial charge in [0, 0.05) is 30.1 Å². The first kappa shape index (κ1) is 20.8. The number of halogens is 1. The molecule has 2 aliphatic rings. The summed E-state index contributed by atoms with van der Waals surface area (Å²) in [6.45, 7) is 6.26. The van der Waals surface area contributed by atoms with E-state index < -0.39 is 0 Å². The number of hydrogen-bond donors (Lipinski definition) is 1. The van der Waals surface area contributed by atoms with Crippen molar-refractivity contribution in [3.63, 3.8) is 0 Å². The van der Waals surface area contributed by atoms with Crippen LogP contribution in [0.3, 0.4) is 0 Å². The lowest BCUT2D eigenvalue weighted by molar-refractivity contribution is -0.0843. The third-order valence-corrected chi connectivity index (χ3v) is 6.44. The molecule has 0 saturated carbocycles. The number of hydrogen-bond acceptors (Lipinski definition) is 4. The number of benzene rings is 2. The number of aromatic nitrogens is 2. The predicted molar refractivity (Wildman–Crippen MR) is 121 cm³/mol. The van der Waals surface area contributed by atoms with Crippen molar-refractivity contribution in [1.29, 1.82) is 0 Å². The average Bonchev–Trinajstić information content (AvgIpc) is 3.13. The van der Waals surface area contributed by atoms with Crippen LogP contribution in [0.5, 0.6) is 0 Å². The van der Waals surface area contributed by atoms with E-state index in [1.165, 1.54) is 6.07 Å². The highest BCUT2D eigenvalue weighted by Crippen LogP contribution is 2.30. The molecule has 166 valence electrons. The van der Waals surface area contributed by atoms with Gasteiger partial charge in [-0.05, 0) is 36.6 Å². The van der Waals surface area contributed by atoms with Crippen LogP contribution in [0.15, 0.2) is 61.2 Å². The van der Waals surface area contributed by atoms with Crippen molar-refractivity contribution in [2.24, 2.45) is 0 Å². The number of allylic oxidation sites excluding steroid dienone is 1. The first-order chi connectivity index (χ1) is 15.6. The molecule has 5 rings (SSSR count). The summed E-state index contributed by atoms with van der Waals surface area (Å²) in [5.74, 6) is -0.360. The normalized spacial score (nSPS) is 23.2. The summed E-state index contributed by atoms with van der Waals surface area (Å²) in [5.41, 5.74) is 2.34. The van der Waals surface area contributed by atoms with Crippen LogP contribution in [-0.2, 0) is 17.8 Å². The van der Waals surface area contributed by atoms with Crippen molar-refractivity contribution in [2.45, 2.75) is 44.1 Å². The number of piperidine rings is 1.